The molecule has 0 unspecified atom stereocenters. The highest BCUT2D eigenvalue weighted by Crippen LogP contribution is 2.17. The van der Waals surface area contributed by atoms with Gasteiger partial charge in [-0.05, 0) is 16.5 Å². The number of benzene rings is 1. The molecule has 0 spiro atoms. The lowest BCUT2D eigenvalue weighted by atomic mass is 9.95. The third kappa shape index (κ3) is 6.37. The minimum absolute atomic E-state index is 0.0837. The quantitative estimate of drug-likeness (QED) is 0.855. The van der Waals surface area contributed by atoms with Gasteiger partial charge in [-0.25, -0.2) is 0 Å². The monoisotopic (exact) mass is 260 g/mol. The number of aliphatic hydroxyl groups excluding tert-OH is 1. The predicted molar refractivity (Wildman–Crippen MR) is 77.3 cm³/mol. The van der Waals surface area contributed by atoms with Crippen molar-refractivity contribution < 1.29 is 5.11 Å². The number of rotatable bonds is 6. The number of hydrogen-bond acceptors (Lipinski definition) is 3. The number of hydrogen-bond donors (Lipinski definition) is 1. The van der Waals surface area contributed by atoms with Crippen molar-refractivity contribution in [3.8, 4) is 6.07 Å². The van der Waals surface area contributed by atoms with Gasteiger partial charge in [0.2, 0.25) is 0 Å². The molecule has 3 heteroatoms. The third-order valence-electron chi connectivity index (χ3n) is 2.85. The zero-order valence-electron chi connectivity index (χ0n) is 12.2. The Labute approximate surface area is 116 Å². The second kappa shape index (κ2) is 7.28. The van der Waals surface area contributed by atoms with Crippen LogP contribution < -0.4 is 0 Å². The molecule has 0 aliphatic carbocycles. The molecule has 0 radical (unpaired) electrons. The van der Waals surface area contributed by atoms with E-state index in [4.69, 9.17) is 10.4 Å². The molecule has 1 N–H and O–H groups in total. The van der Waals surface area contributed by atoms with Crippen molar-refractivity contribution in [1.82, 2.24) is 4.90 Å². The zero-order valence-corrected chi connectivity index (χ0v) is 12.2. The SMILES string of the molecule is CC(C)(C)CN(CCC#N)Cc1ccc(CO)cc1. The molecule has 1 rings (SSSR count). The molecule has 19 heavy (non-hydrogen) atoms. The van der Waals surface area contributed by atoms with E-state index in [-0.39, 0.29) is 12.0 Å². The molecule has 0 aliphatic heterocycles. The highest BCUT2D eigenvalue weighted by atomic mass is 16.3. The van der Waals surface area contributed by atoms with Gasteiger partial charge in [-0.2, -0.15) is 5.26 Å². The molecule has 0 bridgehead atoms. The Bertz CT molecular complexity index is 412. The Morgan fingerprint density at radius 1 is 1.16 bits per heavy atom. The van der Waals surface area contributed by atoms with Crippen molar-refractivity contribution in [1.29, 1.82) is 5.26 Å². The molecule has 0 aromatic heterocycles. The number of nitrogens with zero attached hydrogens (tertiary/aromatic N) is 2. The van der Waals surface area contributed by atoms with Crippen molar-refractivity contribution in [3.63, 3.8) is 0 Å². The van der Waals surface area contributed by atoms with E-state index < -0.39 is 0 Å². The lowest BCUT2D eigenvalue weighted by Crippen LogP contribution is -2.33. The molecule has 0 saturated heterocycles. The van der Waals surface area contributed by atoms with Gasteiger partial charge in [0.15, 0.2) is 0 Å². The maximum atomic E-state index is 9.03. The van der Waals surface area contributed by atoms with Crippen LogP contribution in [0.3, 0.4) is 0 Å². The lowest BCUT2D eigenvalue weighted by molar-refractivity contribution is 0.187. The van der Waals surface area contributed by atoms with Crippen LogP contribution in [-0.4, -0.2) is 23.1 Å². The highest BCUT2D eigenvalue weighted by Gasteiger charge is 2.16. The van der Waals surface area contributed by atoms with E-state index in [1.54, 1.807) is 0 Å². The van der Waals surface area contributed by atoms with Gasteiger partial charge >= 0.3 is 0 Å². The molecule has 0 aliphatic rings. The molecular weight excluding hydrogens is 236 g/mol. The van der Waals surface area contributed by atoms with Crippen LogP contribution in [0.15, 0.2) is 24.3 Å². The summed E-state index contributed by atoms with van der Waals surface area (Å²) in [7, 11) is 0. The normalized spacial score (nSPS) is 11.6. The van der Waals surface area contributed by atoms with E-state index in [0.29, 0.717) is 6.42 Å². The molecule has 0 atom stereocenters. The fourth-order valence-electron chi connectivity index (χ4n) is 2.10. The summed E-state index contributed by atoms with van der Waals surface area (Å²) in [6, 6.07) is 10.2. The first-order valence-corrected chi connectivity index (χ1v) is 6.72. The van der Waals surface area contributed by atoms with Gasteiger partial charge in [-0.3, -0.25) is 4.90 Å². The van der Waals surface area contributed by atoms with E-state index in [1.807, 2.05) is 24.3 Å². The van der Waals surface area contributed by atoms with E-state index >= 15 is 0 Å². The predicted octanol–water partition coefficient (Wildman–Crippen LogP) is 2.94. The Balaban J connectivity index is 2.67. The van der Waals surface area contributed by atoms with Crippen LogP contribution in [0.1, 0.15) is 38.3 Å². The summed E-state index contributed by atoms with van der Waals surface area (Å²) >= 11 is 0. The smallest absolute Gasteiger partial charge is 0.0681 e. The third-order valence-corrected chi connectivity index (χ3v) is 2.85. The Kier molecular flexibility index (Phi) is 6.01. The molecule has 0 heterocycles. The largest absolute Gasteiger partial charge is 0.392 e. The molecule has 0 amide bonds. The van der Waals surface area contributed by atoms with Crippen LogP contribution in [0.2, 0.25) is 0 Å². The molecule has 1 aromatic rings. The zero-order chi connectivity index (χ0) is 14.3. The van der Waals surface area contributed by atoms with Gasteiger partial charge in [-0.15, -0.1) is 0 Å². The van der Waals surface area contributed by atoms with Crippen molar-refractivity contribution in [2.75, 3.05) is 13.1 Å². The summed E-state index contributed by atoms with van der Waals surface area (Å²) < 4.78 is 0. The molecule has 0 fully saturated rings. The van der Waals surface area contributed by atoms with Crippen molar-refractivity contribution >= 4 is 0 Å². The van der Waals surface area contributed by atoms with E-state index in [0.717, 1.165) is 25.2 Å². The molecule has 1 aromatic carbocycles. The van der Waals surface area contributed by atoms with E-state index in [2.05, 4.69) is 31.7 Å². The van der Waals surface area contributed by atoms with Crippen LogP contribution in [0, 0.1) is 16.7 Å². The first-order valence-electron chi connectivity index (χ1n) is 6.72. The minimum Gasteiger partial charge on any atom is -0.392 e. The van der Waals surface area contributed by atoms with Crippen LogP contribution >= 0.6 is 0 Å². The maximum Gasteiger partial charge on any atom is 0.0681 e. The first kappa shape index (κ1) is 15.7. The standard InChI is InChI=1S/C16H24N2O/c1-16(2,3)13-18(10-4-9-17)11-14-5-7-15(12-19)8-6-14/h5-8,19H,4,10-13H2,1-3H3. The second-order valence-electron chi connectivity index (χ2n) is 6.15. The van der Waals surface area contributed by atoms with Gasteiger partial charge in [-0.1, -0.05) is 45.0 Å². The number of aliphatic hydroxyl groups is 1. The van der Waals surface area contributed by atoms with Crippen LogP contribution in [0.5, 0.6) is 0 Å². The van der Waals surface area contributed by atoms with Gasteiger partial charge in [0, 0.05) is 26.1 Å². The van der Waals surface area contributed by atoms with E-state index in [1.165, 1.54) is 5.56 Å². The van der Waals surface area contributed by atoms with Crippen molar-refractivity contribution in [3.05, 3.63) is 35.4 Å². The van der Waals surface area contributed by atoms with Gasteiger partial charge in [0.1, 0.15) is 0 Å². The summed E-state index contributed by atoms with van der Waals surface area (Å²) in [5.74, 6) is 0. The second-order valence-corrected chi connectivity index (χ2v) is 6.15. The van der Waals surface area contributed by atoms with E-state index in [9.17, 15) is 0 Å². The average molecular weight is 260 g/mol. The fourth-order valence-corrected chi connectivity index (χ4v) is 2.10. The summed E-state index contributed by atoms with van der Waals surface area (Å²) in [4.78, 5) is 2.32. The highest BCUT2D eigenvalue weighted by molar-refractivity contribution is 5.21. The van der Waals surface area contributed by atoms with Gasteiger partial charge < -0.3 is 5.11 Å². The van der Waals surface area contributed by atoms with Crippen molar-refractivity contribution in [2.45, 2.75) is 40.3 Å². The van der Waals surface area contributed by atoms with Crippen molar-refractivity contribution in [2.24, 2.45) is 5.41 Å². The summed E-state index contributed by atoms with van der Waals surface area (Å²) in [6.45, 7) is 9.33. The van der Waals surface area contributed by atoms with Crippen LogP contribution in [0.4, 0.5) is 0 Å². The Hall–Kier alpha value is -1.37. The minimum atomic E-state index is 0.0837. The topological polar surface area (TPSA) is 47.3 Å². The summed E-state index contributed by atoms with van der Waals surface area (Å²) in [6.07, 6.45) is 0.560. The molecule has 3 nitrogen and oxygen atoms in total. The Morgan fingerprint density at radius 3 is 2.21 bits per heavy atom. The molecule has 104 valence electrons. The van der Waals surface area contributed by atoms with Gasteiger partial charge in [0.05, 0.1) is 12.7 Å². The average Bonchev–Trinajstić information content (AvgIpc) is 2.35. The molecule has 0 saturated carbocycles. The van der Waals surface area contributed by atoms with Gasteiger partial charge in [0.25, 0.3) is 0 Å². The maximum absolute atomic E-state index is 9.03. The van der Waals surface area contributed by atoms with Crippen LogP contribution in [-0.2, 0) is 13.2 Å². The molecular formula is C16H24N2O. The summed E-state index contributed by atoms with van der Waals surface area (Å²) in [5, 5.41) is 17.8. The lowest BCUT2D eigenvalue weighted by Gasteiger charge is -2.29. The first-order chi connectivity index (χ1) is 8.94. The Morgan fingerprint density at radius 2 is 1.74 bits per heavy atom. The summed E-state index contributed by atoms with van der Waals surface area (Å²) in [5.41, 5.74) is 2.38. The number of nitriles is 1. The fraction of sp³-hybridized carbons (Fsp3) is 0.562. The van der Waals surface area contributed by atoms with Crippen LogP contribution in [0.25, 0.3) is 0 Å².